The fraction of sp³-hybridized carbons (Fsp3) is 0.105. The maximum atomic E-state index is 6.08. The van der Waals surface area contributed by atoms with E-state index in [4.69, 9.17) is 4.74 Å². The van der Waals surface area contributed by atoms with Crippen LogP contribution in [-0.2, 0) is 6.73 Å². The maximum Gasteiger partial charge on any atom is 0.292 e. The van der Waals surface area contributed by atoms with Crippen molar-refractivity contribution in [1.29, 1.82) is 0 Å². The minimum atomic E-state index is 0.568. The van der Waals surface area contributed by atoms with E-state index in [0.717, 1.165) is 16.9 Å². The van der Waals surface area contributed by atoms with Crippen LogP contribution in [0.15, 0.2) is 66.7 Å². The molecule has 1 aromatic heterocycles. The zero-order valence-electron chi connectivity index (χ0n) is 11.9. The molecule has 0 unspecified atom stereocenters. The Kier molecular flexibility index (Phi) is 2.74. The largest absolute Gasteiger partial charge is 0.434 e. The summed E-state index contributed by atoms with van der Waals surface area (Å²) in [5.74, 6) is 0.981. The second kappa shape index (κ2) is 4.74. The second-order valence-electron chi connectivity index (χ2n) is 5.30. The van der Waals surface area contributed by atoms with Gasteiger partial charge in [-0.3, -0.25) is 0 Å². The van der Waals surface area contributed by atoms with Gasteiger partial charge in [0.2, 0.25) is 5.69 Å². The molecule has 0 bridgehead atoms. The average Bonchev–Trinajstić information content (AvgIpc) is 2.55. The zero-order valence-corrected chi connectivity index (χ0v) is 11.9. The predicted molar refractivity (Wildman–Crippen MR) is 82.9 cm³/mol. The minimum absolute atomic E-state index is 0.568. The van der Waals surface area contributed by atoms with Gasteiger partial charge in [-0.2, -0.15) is 4.57 Å². The molecule has 102 valence electrons. The monoisotopic (exact) mass is 274 g/mol. The van der Waals surface area contributed by atoms with Gasteiger partial charge in [-0.05, 0) is 17.7 Å². The number of hydrogen-bond donors (Lipinski definition) is 0. The molecule has 2 aromatic carbocycles. The van der Waals surface area contributed by atoms with Crippen LogP contribution in [0, 0.1) is 6.92 Å². The third-order valence-corrected chi connectivity index (χ3v) is 4.02. The molecule has 21 heavy (non-hydrogen) atoms. The number of benzene rings is 2. The Balaban J connectivity index is 1.96. The molecule has 2 heteroatoms. The fourth-order valence-electron chi connectivity index (χ4n) is 2.92. The smallest absolute Gasteiger partial charge is 0.292 e. The zero-order chi connectivity index (χ0) is 14.2. The summed E-state index contributed by atoms with van der Waals surface area (Å²) in [5, 5.41) is 0. The van der Waals surface area contributed by atoms with Crippen molar-refractivity contribution in [2.24, 2.45) is 0 Å². The molecule has 4 rings (SSSR count). The first-order chi connectivity index (χ1) is 10.3. The van der Waals surface area contributed by atoms with E-state index in [1.807, 2.05) is 6.07 Å². The normalized spacial score (nSPS) is 12.2. The van der Waals surface area contributed by atoms with Gasteiger partial charge in [0.25, 0.3) is 6.73 Å². The van der Waals surface area contributed by atoms with Gasteiger partial charge in [0.05, 0.1) is 5.56 Å². The van der Waals surface area contributed by atoms with E-state index in [9.17, 15) is 0 Å². The average molecular weight is 274 g/mol. The van der Waals surface area contributed by atoms with E-state index in [-0.39, 0.29) is 0 Å². The number of hydrogen-bond acceptors (Lipinski definition) is 1. The summed E-state index contributed by atoms with van der Waals surface area (Å²) in [5.41, 5.74) is 5.93. The minimum Gasteiger partial charge on any atom is -0.434 e. The van der Waals surface area contributed by atoms with E-state index < -0.39 is 0 Å². The highest BCUT2D eigenvalue weighted by atomic mass is 16.5. The topological polar surface area (TPSA) is 13.1 Å². The molecule has 1 aliphatic heterocycles. The van der Waals surface area contributed by atoms with Gasteiger partial charge >= 0.3 is 0 Å². The molecule has 0 spiro atoms. The van der Waals surface area contributed by atoms with Gasteiger partial charge < -0.3 is 4.74 Å². The molecular weight excluding hydrogens is 258 g/mol. The van der Waals surface area contributed by atoms with Crippen LogP contribution >= 0.6 is 0 Å². The van der Waals surface area contributed by atoms with Gasteiger partial charge in [-0.15, -0.1) is 0 Å². The van der Waals surface area contributed by atoms with Crippen molar-refractivity contribution in [3.63, 3.8) is 0 Å². The van der Waals surface area contributed by atoms with Crippen molar-refractivity contribution in [2.45, 2.75) is 13.7 Å². The Morgan fingerprint density at radius 1 is 0.810 bits per heavy atom. The van der Waals surface area contributed by atoms with Crippen molar-refractivity contribution in [3.8, 4) is 28.1 Å². The van der Waals surface area contributed by atoms with Crippen molar-refractivity contribution in [2.75, 3.05) is 0 Å². The Morgan fingerprint density at radius 3 is 2.43 bits per heavy atom. The van der Waals surface area contributed by atoms with E-state index >= 15 is 0 Å². The lowest BCUT2D eigenvalue weighted by Gasteiger charge is -2.19. The number of fused-ring (bicyclic) bond motifs is 3. The molecule has 0 aliphatic carbocycles. The molecule has 0 fully saturated rings. The van der Waals surface area contributed by atoms with Crippen LogP contribution < -0.4 is 9.30 Å². The highest BCUT2D eigenvalue weighted by molar-refractivity contribution is 5.80. The number of nitrogens with zero attached hydrogens (tertiary/aromatic N) is 1. The molecule has 1 aliphatic rings. The molecule has 3 aromatic rings. The van der Waals surface area contributed by atoms with Gasteiger partial charge in [0.1, 0.15) is 5.75 Å². The molecule has 2 nitrogen and oxygen atoms in total. The number of pyridine rings is 1. The quantitative estimate of drug-likeness (QED) is 0.612. The summed E-state index contributed by atoms with van der Waals surface area (Å²) >= 11 is 0. The van der Waals surface area contributed by atoms with Crippen LogP contribution in [0.1, 0.15) is 5.69 Å². The lowest BCUT2D eigenvalue weighted by Crippen LogP contribution is -2.44. The summed E-state index contributed by atoms with van der Waals surface area (Å²) in [6.45, 7) is 2.68. The lowest BCUT2D eigenvalue weighted by molar-refractivity contribution is -0.722. The Hall–Kier alpha value is -2.61. The molecule has 0 saturated heterocycles. The van der Waals surface area contributed by atoms with Crippen LogP contribution in [0.25, 0.3) is 22.4 Å². The molecule has 2 heterocycles. The molecule has 0 N–H and O–H groups in total. The van der Waals surface area contributed by atoms with E-state index in [2.05, 4.69) is 72.2 Å². The van der Waals surface area contributed by atoms with Crippen LogP contribution in [0.4, 0.5) is 0 Å². The highest BCUT2D eigenvalue weighted by Crippen LogP contribution is 2.39. The van der Waals surface area contributed by atoms with Crippen LogP contribution in [0.2, 0.25) is 0 Å². The maximum absolute atomic E-state index is 6.08. The van der Waals surface area contributed by atoms with Crippen molar-refractivity contribution < 1.29 is 9.30 Å². The first-order valence-corrected chi connectivity index (χ1v) is 7.15. The van der Waals surface area contributed by atoms with Crippen LogP contribution in [0.3, 0.4) is 0 Å². The van der Waals surface area contributed by atoms with Crippen molar-refractivity contribution in [1.82, 2.24) is 0 Å². The summed E-state index contributed by atoms with van der Waals surface area (Å²) in [6.07, 6.45) is 0. The summed E-state index contributed by atoms with van der Waals surface area (Å²) in [7, 11) is 0. The molecule has 0 radical (unpaired) electrons. The number of rotatable bonds is 1. The SMILES string of the molecule is Cc1cccc2[n+]1COc1c(-c3ccccc3)cccc1-2. The standard InChI is InChI=1S/C19H16NO/c1-14-7-5-12-18-17-11-6-10-16(15-8-3-2-4-9-15)19(17)21-13-20(14)18/h2-12H,13H2,1H3/q+1. The van der Waals surface area contributed by atoms with E-state index in [1.54, 1.807) is 0 Å². The van der Waals surface area contributed by atoms with Gasteiger partial charge in [0, 0.05) is 24.6 Å². The predicted octanol–water partition coefficient (Wildman–Crippen LogP) is 3.97. The molecule has 0 amide bonds. The Bertz CT molecular complexity index is 809. The third kappa shape index (κ3) is 1.91. The van der Waals surface area contributed by atoms with E-state index in [1.165, 1.54) is 17.0 Å². The fourth-order valence-corrected chi connectivity index (χ4v) is 2.92. The number of aryl methyl sites for hydroxylation is 1. The number of ether oxygens (including phenoxy) is 1. The van der Waals surface area contributed by atoms with Crippen molar-refractivity contribution in [3.05, 3.63) is 72.4 Å². The number of para-hydroxylation sites is 1. The molecule has 0 saturated carbocycles. The Morgan fingerprint density at radius 2 is 1.57 bits per heavy atom. The van der Waals surface area contributed by atoms with Crippen molar-refractivity contribution >= 4 is 0 Å². The Labute approximate surface area is 124 Å². The van der Waals surface area contributed by atoms with Gasteiger partial charge in [-0.25, -0.2) is 0 Å². The highest BCUT2D eigenvalue weighted by Gasteiger charge is 2.27. The first-order valence-electron chi connectivity index (χ1n) is 7.15. The molecular formula is C19H16NO+. The van der Waals surface area contributed by atoms with Crippen LogP contribution in [0.5, 0.6) is 5.75 Å². The second-order valence-corrected chi connectivity index (χ2v) is 5.30. The first kappa shape index (κ1) is 12.2. The van der Waals surface area contributed by atoms with E-state index in [0.29, 0.717) is 6.73 Å². The van der Waals surface area contributed by atoms with Gasteiger partial charge in [0.15, 0.2) is 5.69 Å². The summed E-state index contributed by atoms with van der Waals surface area (Å²) in [4.78, 5) is 0. The third-order valence-electron chi connectivity index (χ3n) is 4.02. The number of aromatic nitrogens is 1. The summed E-state index contributed by atoms with van der Waals surface area (Å²) < 4.78 is 8.28. The van der Waals surface area contributed by atoms with Gasteiger partial charge in [-0.1, -0.05) is 42.5 Å². The van der Waals surface area contributed by atoms with Crippen LogP contribution in [-0.4, -0.2) is 0 Å². The summed E-state index contributed by atoms with van der Waals surface area (Å²) in [6, 6.07) is 23.1. The molecule has 0 atom stereocenters. The lowest BCUT2D eigenvalue weighted by atomic mass is 9.98.